The minimum absolute atomic E-state index is 0.0150. The molecule has 2 aromatic heterocycles. The molecule has 0 bridgehead atoms. The number of pyridine rings is 1. The smallest absolute Gasteiger partial charge is 0.300 e. The highest BCUT2D eigenvalue weighted by Gasteiger charge is 2.22. The van der Waals surface area contributed by atoms with Crippen LogP contribution in [0.2, 0.25) is 5.02 Å². The highest BCUT2D eigenvalue weighted by molar-refractivity contribution is 6.31. The van der Waals surface area contributed by atoms with Gasteiger partial charge in [0, 0.05) is 61.3 Å². The van der Waals surface area contributed by atoms with E-state index in [9.17, 15) is 14.7 Å². The van der Waals surface area contributed by atoms with E-state index in [4.69, 9.17) is 20.8 Å². The first-order valence-corrected chi connectivity index (χ1v) is 11.5. The lowest BCUT2D eigenvalue weighted by Crippen LogP contribution is -2.26. The van der Waals surface area contributed by atoms with Crippen LogP contribution in [0.4, 0.5) is 11.7 Å². The Bertz CT molecular complexity index is 1500. The number of anilines is 2. The number of benzene rings is 2. The first-order valence-electron chi connectivity index (χ1n) is 11.1. The summed E-state index contributed by atoms with van der Waals surface area (Å²) in [5.74, 6) is 0.233. The van der Waals surface area contributed by atoms with Gasteiger partial charge in [-0.05, 0) is 30.3 Å². The van der Waals surface area contributed by atoms with E-state index < -0.39 is 12.0 Å². The molecule has 1 atom stereocenters. The Morgan fingerprint density at radius 2 is 1.89 bits per heavy atom. The van der Waals surface area contributed by atoms with Gasteiger partial charge < -0.3 is 29.8 Å². The molecular formula is C26H24ClN5O5. The molecule has 37 heavy (non-hydrogen) atoms. The molecule has 4 rings (SSSR count). The van der Waals surface area contributed by atoms with Gasteiger partial charge in [0.25, 0.3) is 17.8 Å². The summed E-state index contributed by atoms with van der Waals surface area (Å²) >= 11 is 6.37. The fraction of sp³-hybridized carbons (Fsp3) is 0.154. The third kappa shape index (κ3) is 5.71. The van der Waals surface area contributed by atoms with Crippen molar-refractivity contribution in [3.8, 4) is 11.5 Å². The fourth-order valence-corrected chi connectivity index (χ4v) is 3.71. The van der Waals surface area contributed by atoms with Crippen molar-refractivity contribution in [3.05, 3.63) is 83.2 Å². The zero-order chi connectivity index (χ0) is 26.7. The van der Waals surface area contributed by atoms with Crippen molar-refractivity contribution in [3.63, 3.8) is 0 Å². The average Bonchev–Trinajstić information content (AvgIpc) is 3.28. The second-order valence-electron chi connectivity index (χ2n) is 8.20. The average molecular weight is 522 g/mol. The Balaban J connectivity index is 1.49. The molecule has 0 fully saturated rings. The summed E-state index contributed by atoms with van der Waals surface area (Å²) in [5.41, 5.74) is 2.22. The van der Waals surface area contributed by atoms with Gasteiger partial charge in [-0.3, -0.25) is 14.6 Å². The number of nitrogens with one attached hydrogen (secondary N) is 2. The van der Waals surface area contributed by atoms with Gasteiger partial charge >= 0.3 is 0 Å². The first kappa shape index (κ1) is 25.7. The number of halogens is 1. The molecule has 0 spiro atoms. The number of carbonyl (C=O) groups excluding carboxylic acids is 2. The predicted molar refractivity (Wildman–Crippen MR) is 139 cm³/mol. The van der Waals surface area contributed by atoms with Gasteiger partial charge in [0.15, 0.2) is 5.58 Å². The lowest BCUT2D eigenvalue weighted by molar-refractivity contribution is -0.125. The number of fused-ring (bicyclic) bond motifs is 1. The third-order valence-electron chi connectivity index (χ3n) is 5.34. The molecule has 1 unspecified atom stereocenters. The molecule has 4 aromatic rings. The van der Waals surface area contributed by atoms with Crippen molar-refractivity contribution >= 4 is 46.2 Å². The molecule has 0 aliphatic rings. The molecule has 11 heteroatoms. The van der Waals surface area contributed by atoms with Crippen molar-refractivity contribution in [2.24, 2.45) is 0 Å². The number of aliphatic hydroxyl groups excluding tert-OH is 1. The molecule has 10 nitrogen and oxygen atoms in total. The van der Waals surface area contributed by atoms with Crippen LogP contribution < -0.4 is 15.4 Å². The van der Waals surface area contributed by atoms with Gasteiger partial charge in [-0.15, -0.1) is 0 Å². The minimum atomic E-state index is -1.24. The van der Waals surface area contributed by atoms with Crippen LogP contribution >= 0.6 is 11.6 Å². The molecule has 0 radical (unpaired) electrons. The number of ether oxygens (including phenoxy) is 1. The molecule has 2 amide bonds. The summed E-state index contributed by atoms with van der Waals surface area (Å²) in [6, 6.07) is 13.4. The molecule has 0 saturated heterocycles. The van der Waals surface area contributed by atoms with Crippen molar-refractivity contribution < 1.29 is 23.8 Å². The number of hydrogen-bond acceptors (Lipinski definition) is 8. The van der Waals surface area contributed by atoms with E-state index in [0.717, 1.165) is 0 Å². The molecule has 0 aliphatic heterocycles. The second kappa shape index (κ2) is 10.7. The zero-order valence-corrected chi connectivity index (χ0v) is 21.0. The Labute approximate surface area is 217 Å². The Kier molecular flexibility index (Phi) is 7.42. The number of hydrogen-bond donors (Lipinski definition) is 3. The van der Waals surface area contributed by atoms with Gasteiger partial charge in [-0.1, -0.05) is 24.2 Å². The number of rotatable bonds is 8. The highest BCUT2D eigenvalue weighted by atomic mass is 35.5. The quantitative estimate of drug-likeness (QED) is 0.290. The summed E-state index contributed by atoms with van der Waals surface area (Å²) in [6.07, 6.45) is 0.245. The van der Waals surface area contributed by atoms with E-state index in [1.54, 1.807) is 56.6 Å². The SMILES string of the molecule is C=C(C(=O)N(C)C)C(O)c1ccc(Nc2nc3cc(Oc4ccnc(C(=O)NC)c4)ccc3o2)cc1Cl. The number of aromatic nitrogens is 2. The standard InChI is InChI=1S/C26H24ClN5O5/c1-14(25(35)32(3)4)23(33)18-7-5-15(11-19(18)27)30-26-31-20-12-16(6-8-22(20)37-26)36-17-9-10-29-21(13-17)24(34)28-2/h5-13,23,33H,1H2,2-4H3,(H,28,34)(H,30,31). The normalized spacial score (nSPS) is 11.6. The first-order chi connectivity index (χ1) is 17.7. The molecule has 3 N–H and O–H groups in total. The summed E-state index contributed by atoms with van der Waals surface area (Å²) in [6.45, 7) is 3.69. The number of oxazole rings is 1. The Morgan fingerprint density at radius 3 is 2.59 bits per heavy atom. The van der Waals surface area contributed by atoms with Crippen molar-refractivity contribution in [1.29, 1.82) is 0 Å². The van der Waals surface area contributed by atoms with E-state index in [0.29, 0.717) is 33.8 Å². The lowest BCUT2D eigenvalue weighted by Gasteiger charge is -2.18. The van der Waals surface area contributed by atoms with E-state index in [1.165, 1.54) is 24.2 Å². The number of likely N-dealkylation sites (N-methyl/N-ethyl adjacent to an activating group) is 1. The van der Waals surface area contributed by atoms with Crippen molar-refractivity contribution in [2.75, 3.05) is 26.5 Å². The van der Waals surface area contributed by atoms with Crippen LogP contribution in [0.25, 0.3) is 11.1 Å². The molecular weight excluding hydrogens is 498 g/mol. The van der Waals surface area contributed by atoms with Crippen LogP contribution in [0.1, 0.15) is 22.2 Å². The van der Waals surface area contributed by atoms with Gasteiger partial charge in [0.2, 0.25) is 0 Å². The topological polar surface area (TPSA) is 130 Å². The van der Waals surface area contributed by atoms with Crippen molar-refractivity contribution in [1.82, 2.24) is 20.2 Å². The highest BCUT2D eigenvalue weighted by Crippen LogP contribution is 2.32. The number of aliphatic hydroxyl groups is 1. The van der Waals surface area contributed by atoms with Crippen LogP contribution in [0, 0.1) is 0 Å². The maximum atomic E-state index is 12.1. The van der Waals surface area contributed by atoms with E-state index >= 15 is 0 Å². The lowest BCUT2D eigenvalue weighted by atomic mass is 10.0. The number of nitrogens with zero attached hydrogens (tertiary/aromatic N) is 3. The number of amides is 2. The van der Waals surface area contributed by atoms with E-state index in [1.807, 2.05) is 0 Å². The summed E-state index contributed by atoms with van der Waals surface area (Å²) < 4.78 is 11.6. The predicted octanol–water partition coefficient (Wildman–Crippen LogP) is 4.45. The van der Waals surface area contributed by atoms with Crippen LogP contribution in [-0.2, 0) is 4.79 Å². The summed E-state index contributed by atoms with van der Waals surface area (Å²) in [4.78, 5) is 33.7. The van der Waals surface area contributed by atoms with Gasteiger partial charge in [-0.25, -0.2) is 0 Å². The minimum Gasteiger partial charge on any atom is -0.457 e. The maximum absolute atomic E-state index is 12.1. The maximum Gasteiger partial charge on any atom is 0.300 e. The molecule has 2 heterocycles. The Hall–Kier alpha value is -4.41. The zero-order valence-electron chi connectivity index (χ0n) is 20.3. The molecule has 2 aromatic carbocycles. The van der Waals surface area contributed by atoms with Crippen LogP contribution in [0.15, 0.2) is 71.3 Å². The summed E-state index contributed by atoms with van der Waals surface area (Å²) in [7, 11) is 4.68. The van der Waals surface area contributed by atoms with Gasteiger partial charge in [0.05, 0.1) is 0 Å². The summed E-state index contributed by atoms with van der Waals surface area (Å²) in [5, 5.41) is 16.3. The Morgan fingerprint density at radius 1 is 1.14 bits per heavy atom. The number of carbonyl (C=O) groups is 2. The van der Waals surface area contributed by atoms with Gasteiger partial charge in [-0.2, -0.15) is 4.98 Å². The molecule has 0 saturated carbocycles. The van der Waals surface area contributed by atoms with Crippen LogP contribution in [0.5, 0.6) is 11.5 Å². The molecule has 190 valence electrons. The van der Waals surface area contributed by atoms with Gasteiger partial charge in [0.1, 0.15) is 28.8 Å². The fourth-order valence-electron chi connectivity index (χ4n) is 3.43. The molecule has 0 aliphatic carbocycles. The largest absolute Gasteiger partial charge is 0.457 e. The third-order valence-corrected chi connectivity index (χ3v) is 5.67. The van der Waals surface area contributed by atoms with E-state index in [-0.39, 0.29) is 28.2 Å². The monoisotopic (exact) mass is 521 g/mol. The second-order valence-corrected chi connectivity index (χ2v) is 8.60. The van der Waals surface area contributed by atoms with E-state index in [2.05, 4.69) is 27.2 Å². The van der Waals surface area contributed by atoms with Crippen molar-refractivity contribution in [2.45, 2.75) is 6.10 Å². The van der Waals surface area contributed by atoms with Crippen LogP contribution in [0.3, 0.4) is 0 Å². The van der Waals surface area contributed by atoms with Crippen LogP contribution in [-0.4, -0.2) is 52.9 Å².